The van der Waals surface area contributed by atoms with Crippen molar-refractivity contribution in [1.29, 1.82) is 0 Å². The van der Waals surface area contributed by atoms with Gasteiger partial charge in [0.2, 0.25) is 5.91 Å². The summed E-state index contributed by atoms with van der Waals surface area (Å²) in [6.07, 6.45) is 1.74. The van der Waals surface area contributed by atoms with Crippen molar-refractivity contribution in [3.63, 3.8) is 0 Å². The molecule has 2 rings (SSSR count). The van der Waals surface area contributed by atoms with E-state index in [1.165, 1.54) is 12.1 Å². The predicted molar refractivity (Wildman–Crippen MR) is 73.2 cm³/mol. The van der Waals surface area contributed by atoms with Crippen molar-refractivity contribution in [3.05, 3.63) is 35.6 Å². The smallest absolute Gasteiger partial charge is 0.227 e. The molecule has 1 amide bonds. The van der Waals surface area contributed by atoms with E-state index in [1.807, 2.05) is 19.9 Å². The second kappa shape index (κ2) is 4.93. The molecule has 1 fully saturated rings. The second-order valence-electron chi connectivity index (χ2n) is 6.06. The number of amides is 1. The first-order valence-electron chi connectivity index (χ1n) is 6.64. The first-order valence-corrected chi connectivity index (χ1v) is 6.64. The van der Waals surface area contributed by atoms with Gasteiger partial charge in [-0.1, -0.05) is 26.0 Å². The summed E-state index contributed by atoms with van der Waals surface area (Å²) in [5, 5.41) is 2.95. The Balaban J connectivity index is 2.00. The maximum atomic E-state index is 13.2. The third kappa shape index (κ3) is 2.95. The highest BCUT2D eigenvalue weighted by atomic mass is 19.1. The van der Waals surface area contributed by atoms with Gasteiger partial charge >= 0.3 is 0 Å². The van der Waals surface area contributed by atoms with E-state index in [9.17, 15) is 9.18 Å². The molecule has 1 aromatic rings. The van der Waals surface area contributed by atoms with Crippen molar-refractivity contribution in [3.8, 4) is 0 Å². The molecule has 1 aliphatic carbocycles. The maximum Gasteiger partial charge on any atom is 0.227 e. The number of carbonyl (C=O) groups excluding carboxylic acids is 1. The quantitative estimate of drug-likeness (QED) is 0.854. The van der Waals surface area contributed by atoms with Crippen LogP contribution in [0.3, 0.4) is 0 Å². The van der Waals surface area contributed by atoms with Gasteiger partial charge in [-0.2, -0.15) is 0 Å². The molecule has 0 unspecified atom stereocenters. The van der Waals surface area contributed by atoms with Gasteiger partial charge in [-0.15, -0.1) is 0 Å². The Labute approximate surface area is 113 Å². The van der Waals surface area contributed by atoms with Gasteiger partial charge in [0.15, 0.2) is 0 Å². The van der Waals surface area contributed by atoms with Crippen LogP contribution >= 0.6 is 0 Å². The van der Waals surface area contributed by atoms with E-state index in [0.29, 0.717) is 13.1 Å². The number of nitrogens with one attached hydrogen (secondary N) is 1. The van der Waals surface area contributed by atoms with E-state index in [1.54, 1.807) is 6.07 Å². The van der Waals surface area contributed by atoms with Crippen molar-refractivity contribution in [1.82, 2.24) is 5.32 Å². The molecule has 0 radical (unpaired) electrons. The molecule has 3 N–H and O–H groups in total. The number of nitrogens with two attached hydrogens (primary N) is 1. The summed E-state index contributed by atoms with van der Waals surface area (Å²) in [5.74, 6) is -0.225. The first kappa shape index (κ1) is 14.0. The Morgan fingerprint density at radius 2 is 2.16 bits per heavy atom. The van der Waals surface area contributed by atoms with Gasteiger partial charge in [0.25, 0.3) is 0 Å². The number of halogens is 1. The third-order valence-corrected chi connectivity index (χ3v) is 4.02. The zero-order chi connectivity index (χ0) is 14.1. The van der Waals surface area contributed by atoms with Gasteiger partial charge in [0, 0.05) is 18.5 Å². The van der Waals surface area contributed by atoms with Crippen molar-refractivity contribution < 1.29 is 9.18 Å². The normalized spacial score (nSPS) is 17.1. The molecule has 1 aromatic carbocycles. The van der Waals surface area contributed by atoms with E-state index in [-0.39, 0.29) is 22.6 Å². The molecule has 0 aliphatic heterocycles. The maximum absolute atomic E-state index is 13.2. The molecule has 19 heavy (non-hydrogen) atoms. The first-order chi connectivity index (χ1) is 8.89. The van der Waals surface area contributed by atoms with Crippen LogP contribution in [0.1, 0.15) is 32.3 Å². The van der Waals surface area contributed by atoms with Crippen LogP contribution in [-0.2, 0) is 10.2 Å². The molecule has 104 valence electrons. The third-order valence-electron chi connectivity index (χ3n) is 4.02. The van der Waals surface area contributed by atoms with E-state index in [2.05, 4.69) is 5.32 Å². The molecule has 0 bridgehead atoms. The van der Waals surface area contributed by atoms with Crippen LogP contribution in [0.5, 0.6) is 0 Å². The number of rotatable bonds is 5. The average Bonchev–Trinajstić information content (AvgIpc) is 3.17. The molecule has 0 aromatic heterocycles. The SMILES string of the molecule is CC(C)(CNC(=O)C1(CN)CC1)c1cccc(F)c1. The lowest BCUT2D eigenvalue weighted by atomic mass is 9.84. The van der Waals surface area contributed by atoms with Crippen molar-refractivity contribution in [2.24, 2.45) is 11.1 Å². The summed E-state index contributed by atoms with van der Waals surface area (Å²) in [7, 11) is 0. The fraction of sp³-hybridized carbons (Fsp3) is 0.533. The highest BCUT2D eigenvalue weighted by molar-refractivity contribution is 5.85. The Bertz CT molecular complexity index is 481. The Hall–Kier alpha value is -1.42. The zero-order valence-electron chi connectivity index (χ0n) is 11.5. The van der Waals surface area contributed by atoms with E-state index in [0.717, 1.165) is 18.4 Å². The molecule has 1 saturated carbocycles. The van der Waals surface area contributed by atoms with Crippen LogP contribution in [0.25, 0.3) is 0 Å². The molecule has 0 spiro atoms. The zero-order valence-corrected chi connectivity index (χ0v) is 11.5. The van der Waals surface area contributed by atoms with Crippen LogP contribution in [-0.4, -0.2) is 19.0 Å². The minimum Gasteiger partial charge on any atom is -0.355 e. The molecule has 1 aliphatic rings. The lowest BCUT2D eigenvalue weighted by Crippen LogP contribution is -2.42. The summed E-state index contributed by atoms with van der Waals surface area (Å²) in [5.41, 5.74) is 5.87. The lowest BCUT2D eigenvalue weighted by molar-refractivity contribution is -0.126. The van der Waals surface area contributed by atoms with Gasteiger partial charge < -0.3 is 11.1 Å². The molecular formula is C15H21FN2O. The van der Waals surface area contributed by atoms with Gasteiger partial charge in [-0.05, 0) is 30.5 Å². The van der Waals surface area contributed by atoms with Crippen LogP contribution in [0, 0.1) is 11.2 Å². The van der Waals surface area contributed by atoms with E-state index >= 15 is 0 Å². The highest BCUT2D eigenvalue weighted by Gasteiger charge is 2.48. The summed E-state index contributed by atoms with van der Waals surface area (Å²) in [6, 6.07) is 6.51. The Morgan fingerprint density at radius 3 is 2.68 bits per heavy atom. The number of hydrogen-bond donors (Lipinski definition) is 2. The topological polar surface area (TPSA) is 55.1 Å². The summed E-state index contributed by atoms with van der Waals surface area (Å²) >= 11 is 0. The average molecular weight is 264 g/mol. The molecule has 3 nitrogen and oxygen atoms in total. The minimum absolute atomic E-state index is 0.0273. The summed E-state index contributed by atoms with van der Waals surface area (Å²) < 4.78 is 13.2. The largest absolute Gasteiger partial charge is 0.355 e. The van der Waals surface area contributed by atoms with Gasteiger partial charge in [0.05, 0.1) is 5.41 Å². The molecule has 0 atom stereocenters. The van der Waals surface area contributed by atoms with Crippen molar-refractivity contribution >= 4 is 5.91 Å². The van der Waals surface area contributed by atoms with E-state index < -0.39 is 0 Å². The fourth-order valence-corrected chi connectivity index (χ4v) is 2.18. The standard InChI is InChI=1S/C15H21FN2O/c1-14(2,11-4-3-5-12(16)8-11)10-18-13(19)15(9-17)6-7-15/h3-5,8H,6-7,9-10,17H2,1-2H3,(H,18,19). The predicted octanol–water partition coefficient (Wildman–Crippen LogP) is 1.96. The fourth-order valence-electron chi connectivity index (χ4n) is 2.18. The van der Waals surface area contributed by atoms with Crippen molar-refractivity contribution in [2.45, 2.75) is 32.1 Å². The van der Waals surface area contributed by atoms with E-state index in [4.69, 9.17) is 5.73 Å². The van der Waals surface area contributed by atoms with Crippen LogP contribution in [0.4, 0.5) is 4.39 Å². The van der Waals surface area contributed by atoms with Crippen molar-refractivity contribution in [2.75, 3.05) is 13.1 Å². The van der Waals surface area contributed by atoms with Gasteiger partial charge in [0.1, 0.15) is 5.82 Å². The minimum atomic E-state index is -0.335. The van der Waals surface area contributed by atoms with Gasteiger partial charge in [-0.25, -0.2) is 4.39 Å². The van der Waals surface area contributed by atoms with Crippen LogP contribution in [0.15, 0.2) is 24.3 Å². The summed E-state index contributed by atoms with van der Waals surface area (Å²) in [4.78, 5) is 12.0. The van der Waals surface area contributed by atoms with Gasteiger partial charge in [-0.3, -0.25) is 4.79 Å². The highest BCUT2D eigenvalue weighted by Crippen LogP contribution is 2.44. The Morgan fingerprint density at radius 1 is 1.47 bits per heavy atom. The van der Waals surface area contributed by atoms with Crippen LogP contribution < -0.4 is 11.1 Å². The molecule has 0 saturated heterocycles. The molecular weight excluding hydrogens is 243 g/mol. The monoisotopic (exact) mass is 264 g/mol. The lowest BCUT2D eigenvalue weighted by Gasteiger charge is -2.27. The number of benzene rings is 1. The second-order valence-corrected chi connectivity index (χ2v) is 6.06. The summed E-state index contributed by atoms with van der Waals surface area (Å²) in [6.45, 7) is 4.87. The number of hydrogen-bond acceptors (Lipinski definition) is 2. The molecule has 0 heterocycles. The Kier molecular flexibility index (Phi) is 3.63. The number of carbonyl (C=O) groups is 1. The molecule has 4 heteroatoms. The van der Waals surface area contributed by atoms with Crippen LogP contribution in [0.2, 0.25) is 0 Å².